The Labute approximate surface area is 82.5 Å². The quantitative estimate of drug-likeness (QED) is 0.698. The van der Waals surface area contributed by atoms with Crippen LogP contribution < -0.4 is 0 Å². The first-order valence-electron chi connectivity index (χ1n) is 4.45. The molecule has 0 fully saturated rings. The number of carbonyl (C=O) groups excluding carboxylic acids is 1. The van der Waals surface area contributed by atoms with Crippen molar-refractivity contribution in [3.63, 3.8) is 0 Å². The Kier molecular flexibility index (Phi) is 3.48. The van der Waals surface area contributed by atoms with Gasteiger partial charge in [-0.25, -0.2) is 4.79 Å². The first-order valence-corrected chi connectivity index (χ1v) is 5.27. The van der Waals surface area contributed by atoms with Crippen LogP contribution in [0.4, 0.5) is 0 Å². The second-order valence-corrected chi connectivity index (χ2v) is 4.11. The second kappa shape index (κ2) is 4.42. The average Bonchev–Trinajstić information content (AvgIpc) is 2.47. The zero-order valence-electron chi connectivity index (χ0n) is 8.22. The molecule has 1 aromatic rings. The van der Waals surface area contributed by atoms with E-state index in [4.69, 9.17) is 4.74 Å². The molecule has 1 heterocycles. The van der Waals surface area contributed by atoms with E-state index in [9.17, 15) is 4.79 Å². The van der Waals surface area contributed by atoms with Gasteiger partial charge >= 0.3 is 5.97 Å². The van der Waals surface area contributed by atoms with Crippen LogP contribution in [0.1, 0.15) is 34.0 Å². The summed E-state index contributed by atoms with van der Waals surface area (Å²) >= 11 is 1.67. The topological polar surface area (TPSA) is 26.3 Å². The minimum atomic E-state index is -0.191. The third kappa shape index (κ3) is 2.31. The molecule has 0 aliphatic rings. The lowest BCUT2D eigenvalue weighted by atomic mass is 10.2. The fraction of sp³-hybridized carbons (Fsp3) is 0.500. The molecule has 0 amide bonds. The van der Waals surface area contributed by atoms with Crippen LogP contribution in [0.5, 0.6) is 0 Å². The SMILES string of the molecule is CCOC(=O)c1cc(C)sc1CC. The molecule has 3 heteroatoms. The highest BCUT2D eigenvalue weighted by atomic mass is 32.1. The molecule has 0 spiro atoms. The largest absolute Gasteiger partial charge is 0.462 e. The number of ether oxygens (including phenoxy) is 1. The van der Waals surface area contributed by atoms with Gasteiger partial charge in [0.05, 0.1) is 12.2 Å². The van der Waals surface area contributed by atoms with Gasteiger partial charge in [-0.15, -0.1) is 11.3 Å². The number of carbonyl (C=O) groups is 1. The van der Waals surface area contributed by atoms with E-state index in [-0.39, 0.29) is 5.97 Å². The van der Waals surface area contributed by atoms with Gasteiger partial charge < -0.3 is 4.74 Å². The van der Waals surface area contributed by atoms with Crippen LogP contribution in [0, 0.1) is 6.92 Å². The monoisotopic (exact) mass is 198 g/mol. The molecule has 72 valence electrons. The van der Waals surface area contributed by atoms with E-state index >= 15 is 0 Å². The molecule has 0 saturated carbocycles. The average molecular weight is 198 g/mol. The summed E-state index contributed by atoms with van der Waals surface area (Å²) in [5.74, 6) is -0.191. The standard InChI is InChI=1S/C10H14O2S/c1-4-9-8(6-7(3)13-9)10(11)12-5-2/h6H,4-5H2,1-3H3. The van der Waals surface area contributed by atoms with Crippen molar-refractivity contribution in [3.8, 4) is 0 Å². The van der Waals surface area contributed by atoms with Gasteiger partial charge in [-0.3, -0.25) is 0 Å². The Morgan fingerprint density at radius 1 is 1.54 bits per heavy atom. The van der Waals surface area contributed by atoms with E-state index in [2.05, 4.69) is 0 Å². The summed E-state index contributed by atoms with van der Waals surface area (Å²) in [5.41, 5.74) is 0.742. The van der Waals surface area contributed by atoms with Crippen molar-refractivity contribution < 1.29 is 9.53 Å². The minimum absolute atomic E-state index is 0.191. The summed E-state index contributed by atoms with van der Waals surface area (Å²) < 4.78 is 4.95. The van der Waals surface area contributed by atoms with E-state index in [0.717, 1.165) is 16.9 Å². The molecule has 0 radical (unpaired) electrons. The maximum Gasteiger partial charge on any atom is 0.339 e. The number of hydrogen-bond donors (Lipinski definition) is 0. The summed E-state index contributed by atoms with van der Waals surface area (Å²) in [6.45, 7) is 6.32. The van der Waals surface area contributed by atoms with Crippen LogP contribution >= 0.6 is 11.3 Å². The molecule has 1 aromatic heterocycles. The van der Waals surface area contributed by atoms with E-state index in [1.165, 1.54) is 4.88 Å². The Hall–Kier alpha value is -0.830. The molecule has 13 heavy (non-hydrogen) atoms. The molecule has 0 atom stereocenters. The van der Waals surface area contributed by atoms with Crippen molar-refractivity contribution in [2.75, 3.05) is 6.61 Å². The van der Waals surface area contributed by atoms with E-state index < -0.39 is 0 Å². The highest BCUT2D eigenvalue weighted by Gasteiger charge is 2.13. The normalized spacial score (nSPS) is 10.1. The van der Waals surface area contributed by atoms with Gasteiger partial charge in [-0.2, -0.15) is 0 Å². The summed E-state index contributed by atoms with van der Waals surface area (Å²) in [7, 11) is 0. The second-order valence-electron chi connectivity index (χ2n) is 2.77. The van der Waals surface area contributed by atoms with Crippen LogP contribution in [0.25, 0.3) is 0 Å². The fourth-order valence-electron chi connectivity index (χ4n) is 1.21. The summed E-state index contributed by atoms with van der Waals surface area (Å²) in [6, 6.07) is 1.90. The molecular formula is C10H14O2S. The lowest BCUT2D eigenvalue weighted by molar-refractivity contribution is 0.0526. The highest BCUT2D eigenvalue weighted by molar-refractivity contribution is 7.12. The predicted molar refractivity (Wildman–Crippen MR) is 54.4 cm³/mol. The van der Waals surface area contributed by atoms with Crippen molar-refractivity contribution in [2.45, 2.75) is 27.2 Å². The van der Waals surface area contributed by atoms with Crippen molar-refractivity contribution in [3.05, 3.63) is 21.4 Å². The van der Waals surface area contributed by atoms with Crippen molar-refractivity contribution >= 4 is 17.3 Å². The fourth-order valence-corrected chi connectivity index (χ4v) is 2.17. The van der Waals surface area contributed by atoms with Crippen molar-refractivity contribution in [2.24, 2.45) is 0 Å². The first kappa shape index (κ1) is 10.3. The summed E-state index contributed by atoms with van der Waals surface area (Å²) in [6.07, 6.45) is 0.895. The Bertz CT molecular complexity index is 302. The molecule has 0 aliphatic heterocycles. The maximum atomic E-state index is 11.4. The molecule has 2 nitrogen and oxygen atoms in total. The number of esters is 1. The molecule has 0 saturated heterocycles. The Morgan fingerprint density at radius 2 is 2.23 bits per heavy atom. The summed E-state index contributed by atoms with van der Waals surface area (Å²) in [4.78, 5) is 13.7. The van der Waals surface area contributed by atoms with Gasteiger partial charge in [-0.05, 0) is 26.3 Å². The Balaban J connectivity index is 2.91. The lowest BCUT2D eigenvalue weighted by Gasteiger charge is -2.00. The molecular weight excluding hydrogens is 184 g/mol. The van der Waals surface area contributed by atoms with Crippen LogP contribution in [-0.4, -0.2) is 12.6 Å². The van der Waals surface area contributed by atoms with Crippen LogP contribution in [-0.2, 0) is 11.2 Å². The number of aryl methyl sites for hydroxylation is 2. The highest BCUT2D eigenvalue weighted by Crippen LogP contribution is 2.22. The van der Waals surface area contributed by atoms with E-state index in [0.29, 0.717) is 6.61 Å². The molecule has 0 unspecified atom stereocenters. The van der Waals surface area contributed by atoms with Gasteiger partial charge in [0.25, 0.3) is 0 Å². The van der Waals surface area contributed by atoms with Gasteiger partial charge in [0.15, 0.2) is 0 Å². The van der Waals surface area contributed by atoms with E-state index in [1.807, 2.05) is 26.8 Å². The zero-order valence-corrected chi connectivity index (χ0v) is 9.03. The molecule has 0 N–H and O–H groups in total. The predicted octanol–water partition coefficient (Wildman–Crippen LogP) is 2.80. The Morgan fingerprint density at radius 3 is 2.77 bits per heavy atom. The van der Waals surface area contributed by atoms with Gasteiger partial charge in [0, 0.05) is 9.75 Å². The third-order valence-corrected chi connectivity index (χ3v) is 2.94. The number of thiophene rings is 1. The number of hydrogen-bond acceptors (Lipinski definition) is 3. The van der Waals surface area contributed by atoms with Crippen LogP contribution in [0.15, 0.2) is 6.07 Å². The van der Waals surface area contributed by atoms with Crippen molar-refractivity contribution in [1.82, 2.24) is 0 Å². The lowest BCUT2D eigenvalue weighted by Crippen LogP contribution is -2.05. The zero-order chi connectivity index (χ0) is 9.84. The molecule has 1 rings (SSSR count). The van der Waals surface area contributed by atoms with E-state index in [1.54, 1.807) is 11.3 Å². The van der Waals surface area contributed by atoms with Gasteiger partial charge in [-0.1, -0.05) is 6.92 Å². The first-order chi connectivity index (χ1) is 6.19. The summed E-state index contributed by atoms with van der Waals surface area (Å²) in [5, 5.41) is 0. The van der Waals surface area contributed by atoms with Gasteiger partial charge in [0.2, 0.25) is 0 Å². The molecule has 0 aromatic carbocycles. The maximum absolute atomic E-state index is 11.4. The third-order valence-electron chi connectivity index (χ3n) is 1.75. The molecule has 0 bridgehead atoms. The van der Waals surface area contributed by atoms with Crippen LogP contribution in [0.3, 0.4) is 0 Å². The molecule has 0 aliphatic carbocycles. The smallest absolute Gasteiger partial charge is 0.339 e. The van der Waals surface area contributed by atoms with Crippen LogP contribution in [0.2, 0.25) is 0 Å². The van der Waals surface area contributed by atoms with Crippen molar-refractivity contribution in [1.29, 1.82) is 0 Å². The number of rotatable bonds is 3. The van der Waals surface area contributed by atoms with Gasteiger partial charge in [0.1, 0.15) is 0 Å². The minimum Gasteiger partial charge on any atom is -0.462 e.